The molecule has 0 aromatic rings. The molecule has 1 unspecified atom stereocenters. The minimum atomic E-state index is 0.525. The zero-order valence-corrected chi connectivity index (χ0v) is 10.7. The Bertz CT molecular complexity index is 131. The van der Waals surface area contributed by atoms with Gasteiger partial charge in [-0.05, 0) is 13.5 Å². The molecular formula is C12H28N2O. The van der Waals surface area contributed by atoms with Crippen molar-refractivity contribution < 1.29 is 4.74 Å². The molecular weight excluding hydrogens is 188 g/mol. The van der Waals surface area contributed by atoms with Crippen LogP contribution in [0, 0.1) is 0 Å². The highest BCUT2D eigenvalue weighted by Gasteiger charge is 2.11. The van der Waals surface area contributed by atoms with E-state index in [4.69, 9.17) is 10.5 Å². The van der Waals surface area contributed by atoms with Gasteiger partial charge in [-0.1, -0.05) is 32.6 Å². The Kier molecular flexibility index (Phi) is 10.3. The fraction of sp³-hybridized carbons (Fsp3) is 1.00. The van der Waals surface area contributed by atoms with E-state index in [2.05, 4.69) is 18.9 Å². The molecule has 0 aliphatic heterocycles. The lowest BCUT2D eigenvalue weighted by atomic mass is 10.1. The van der Waals surface area contributed by atoms with E-state index in [9.17, 15) is 0 Å². The third kappa shape index (κ3) is 7.77. The smallest absolute Gasteiger partial charge is 0.0589 e. The molecule has 15 heavy (non-hydrogen) atoms. The van der Waals surface area contributed by atoms with Gasteiger partial charge >= 0.3 is 0 Å². The summed E-state index contributed by atoms with van der Waals surface area (Å²) in [5, 5.41) is 0. The predicted molar refractivity (Wildman–Crippen MR) is 66.1 cm³/mol. The molecule has 0 aliphatic rings. The largest absolute Gasteiger partial charge is 0.383 e. The van der Waals surface area contributed by atoms with Gasteiger partial charge in [0.05, 0.1) is 6.61 Å². The summed E-state index contributed by atoms with van der Waals surface area (Å²) in [6.07, 6.45) is 6.50. The molecule has 1 atom stereocenters. The van der Waals surface area contributed by atoms with E-state index in [0.29, 0.717) is 6.04 Å². The van der Waals surface area contributed by atoms with Crippen LogP contribution in [0.5, 0.6) is 0 Å². The lowest BCUT2D eigenvalue weighted by Gasteiger charge is -2.26. The average Bonchev–Trinajstić information content (AvgIpc) is 2.26. The lowest BCUT2D eigenvalue weighted by Crippen LogP contribution is -2.39. The van der Waals surface area contributed by atoms with E-state index in [1.54, 1.807) is 7.11 Å². The normalized spacial score (nSPS) is 13.4. The van der Waals surface area contributed by atoms with Crippen molar-refractivity contribution in [1.82, 2.24) is 4.90 Å². The van der Waals surface area contributed by atoms with Gasteiger partial charge in [0.1, 0.15) is 0 Å². The predicted octanol–water partition coefficient (Wildman–Crippen LogP) is 1.86. The van der Waals surface area contributed by atoms with E-state index >= 15 is 0 Å². The zero-order chi connectivity index (χ0) is 11.5. The maximum absolute atomic E-state index is 5.78. The van der Waals surface area contributed by atoms with Crippen LogP contribution in [0.2, 0.25) is 0 Å². The highest BCUT2D eigenvalue weighted by molar-refractivity contribution is 4.69. The average molecular weight is 216 g/mol. The Hall–Kier alpha value is -0.120. The van der Waals surface area contributed by atoms with Gasteiger partial charge in [-0.3, -0.25) is 4.90 Å². The number of nitrogens with two attached hydrogens (primary N) is 1. The first kappa shape index (κ1) is 14.9. The Morgan fingerprint density at radius 3 is 2.53 bits per heavy atom. The van der Waals surface area contributed by atoms with Gasteiger partial charge in [0, 0.05) is 26.2 Å². The Morgan fingerprint density at radius 1 is 1.27 bits per heavy atom. The molecule has 0 saturated heterocycles. The van der Waals surface area contributed by atoms with Crippen LogP contribution in [0.1, 0.15) is 39.0 Å². The molecule has 3 nitrogen and oxygen atoms in total. The van der Waals surface area contributed by atoms with Crippen LogP contribution in [0.3, 0.4) is 0 Å². The maximum Gasteiger partial charge on any atom is 0.0589 e. The number of nitrogens with zero attached hydrogens (tertiary/aromatic N) is 1. The summed E-state index contributed by atoms with van der Waals surface area (Å²) < 4.78 is 5.07. The molecule has 0 rings (SSSR count). The minimum absolute atomic E-state index is 0.525. The highest BCUT2D eigenvalue weighted by atomic mass is 16.5. The van der Waals surface area contributed by atoms with Gasteiger partial charge in [-0.15, -0.1) is 0 Å². The van der Waals surface area contributed by atoms with E-state index in [1.165, 1.54) is 32.1 Å². The molecule has 0 bridgehead atoms. The van der Waals surface area contributed by atoms with E-state index in [-0.39, 0.29) is 0 Å². The monoisotopic (exact) mass is 216 g/mol. The Labute approximate surface area is 95.0 Å². The van der Waals surface area contributed by atoms with Crippen LogP contribution in [-0.4, -0.2) is 44.8 Å². The van der Waals surface area contributed by atoms with Crippen molar-refractivity contribution in [3.63, 3.8) is 0 Å². The van der Waals surface area contributed by atoms with Crippen LogP contribution in [-0.2, 0) is 4.74 Å². The van der Waals surface area contributed by atoms with Crippen molar-refractivity contribution in [2.75, 3.05) is 33.9 Å². The third-order valence-corrected chi connectivity index (χ3v) is 2.93. The second-order valence-electron chi connectivity index (χ2n) is 4.21. The van der Waals surface area contributed by atoms with Gasteiger partial charge in [-0.25, -0.2) is 0 Å². The van der Waals surface area contributed by atoms with Crippen molar-refractivity contribution in [3.8, 4) is 0 Å². The summed E-state index contributed by atoms with van der Waals surface area (Å²) in [6, 6.07) is 0.525. The number of rotatable bonds is 10. The molecule has 0 amide bonds. The minimum Gasteiger partial charge on any atom is -0.383 e. The van der Waals surface area contributed by atoms with Crippen LogP contribution in [0.15, 0.2) is 0 Å². The quantitative estimate of drug-likeness (QED) is 0.567. The van der Waals surface area contributed by atoms with Crippen molar-refractivity contribution >= 4 is 0 Å². The summed E-state index contributed by atoms with van der Waals surface area (Å²) in [6.45, 7) is 4.77. The fourth-order valence-corrected chi connectivity index (χ4v) is 1.74. The molecule has 0 radical (unpaired) electrons. The first-order valence-electron chi connectivity index (χ1n) is 6.15. The molecule has 0 heterocycles. The summed E-state index contributed by atoms with van der Waals surface area (Å²) in [5.74, 6) is 0. The van der Waals surface area contributed by atoms with Gasteiger partial charge in [-0.2, -0.15) is 0 Å². The summed E-state index contributed by atoms with van der Waals surface area (Å²) in [5.41, 5.74) is 5.78. The van der Waals surface area contributed by atoms with Crippen LogP contribution in [0.4, 0.5) is 0 Å². The van der Waals surface area contributed by atoms with E-state index < -0.39 is 0 Å². The molecule has 0 fully saturated rings. The van der Waals surface area contributed by atoms with Gasteiger partial charge in [0.15, 0.2) is 0 Å². The molecule has 92 valence electrons. The number of ether oxygens (including phenoxy) is 1. The molecule has 0 spiro atoms. The van der Waals surface area contributed by atoms with Crippen molar-refractivity contribution in [1.29, 1.82) is 0 Å². The van der Waals surface area contributed by atoms with Crippen LogP contribution >= 0.6 is 0 Å². The number of methoxy groups -OCH3 is 1. The van der Waals surface area contributed by atoms with Gasteiger partial charge in [0.25, 0.3) is 0 Å². The topological polar surface area (TPSA) is 38.5 Å². The molecule has 0 saturated carbocycles. The fourth-order valence-electron chi connectivity index (χ4n) is 1.74. The first-order valence-corrected chi connectivity index (χ1v) is 6.15. The van der Waals surface area contributed by atoms with Gasteiger partial charge in [0.2, 0.25) is 0 Å². The Balaban J connectivity index is 3.60. The summed E-state index contributed by atoms with van der Waals surface area (Å²) in [7, 11) is 3.88. The van der Waals surface area contributed by atoms with Crippen LogP contribution < -0.4 is 5.73 Å². The second kappa shape index (κ2) is 10.4. The molecule has 0 aliphatic carbocycles. The number of unbranched alkanes of at least 4 members (excludes halogenated alkanes) is 3. The van der Waals surface area contributed by atoms with Crippen LogP contribution in [0.25, 0.3) is 0 Å². The third-order valence-electron chi connectivity index (χ3n) is 2.93. The number of likely N-dealkylation sites (N-methyl/N-ethyl adjacent to an activating group) is 1. The van der Waals surface area contributed by atoms with E-state index in [1.807, 2.05) is 0 Å². The Morgan fingerprint density at radius 2 is 2.00 bits per heavy atom. The number of hydrogen-bond acceptors (Lipinski definition) is 3. The molecule has 3 heteroatoms. The maximum atomic E-state index is 5.78. The zero-order valence-electron chi connectivity index (χ0n) is 10.7. The highest BCUT2D eigenvalue weighted by Crippen LogP contribution is 2.08. The number of hydrogen-bond donors (Lipinski definition) is 1. The van der Waals surface area contributed by atoms with Crippen molar-refractivity contribution in [2.45, 2.75) is 45.1 Å². The second-order valence-corrected chi connectivity index (χ2v) is 4.21. The molecule has 0 aromatic heterocycles. The van der Waals surface area contributed by atoms with E-state index in [0.717, 1.165) is 19.7 Å². The SMILES string of the molecule is CCCCCCC(CN)N(C)CCOC. The van der Waals surface area contributed by atoms with Crippen molar-refractivity contribution in [3.05, 3.63) is 0 Å². The summed E-state index contributed by atoms with van der Waals surface area (Å²) in [4.78, 5) is 2.31. The van der Waals surface area contributed by atoms with Gasteiger partial charge < -0.3 is 10.5 Å². The molecule has 2 N–H and O–H groups in total. The summed E-state index contributed by atoms with van der Waals surface area (Å²) >= 11 is 0. The first-order chi connectivity index (χ1) is 7.26. The standard InChI is InChI=1S/C12H28N2O/c1-4-5-6-7-8-12(11-13)14(2)9-10-15-3/h12H,4-11,13H2,1-3H3. The lowest BCUT2D eigenvalue weighted by molar-refractivity contribution is 0.136. The molecule has 0 aromatic carbocycles. The van der Waals surface area contributed by atoms with Crippen molar-refractivity contribution in [2.24, 2.45) is 5.73 Å².